The Morgan fingerprint density at radius 2 is 0.914 bits per heavy atom. The van der Waals surface area contributed by atoms with E-state index in [0.717, 1.165) is 41.3 Å². The average Bonchev–Trinajstić information content (AvgIpc) is 3.51. The molecule has 1 aromatic heterocycles. The van der Waals surface area contributed by atoms with Crippen LogP contribution in [-0.4, -0.2) is 56.9 Å². The molecule has 1 atom stereocenters. The molecular weight excluding hydrogens is 735 g/mol. The molecule has 0 radical (unpaired) electrons. The number of rotatable bonds is 35. The summed E-state index contributed by atoms with van der Waals surface area (Å²) < 4.78 is 15.2. The summed E-state index contributed by atoms with van der Waals surface area (Å²) in [6, 6.07) is 11.4. The fourth-order valence-electron chi connectivity index (χ4n) is 7.70. The van der Waals surface area contributed by atoms with Gasteiger partial charge in [-0.2, -0.15) is 9.78 Å². The van der Waals surface area contributed by atoms with Crippen LogP contribution in [0, 0.1) is 0 Å². The van der Waals surface area contributed by atoms with Crippen LogP contribution in [0.1, 0.15) is 168 Å². The molecule has 1 unspecified atom stereocenters. The van der Waals surface area contributed by atoms with E-state index in [2.05, 4.69) is 48.6 Å². The molecule has 0 fully saturated rings. The number of aromatic nitrogens is 1. The predicted molar refractivity (Wildman–Crippen MR) is 236 cm³/mol. The summed E-state index contributed by atoms with van der Waals surface area (Å²) in [5.41, 5.74) is 2.99. The predicted octanol–water partition coefficient (Wildman–Crippen LogP) is 13.8. The molecule has 0 aliphatic rings. The topological polar surface area (TPSA) is 119 Å². The Morgan fingerprint density at radius 3 is 1.31 bits per heavy atom. The van der Waals surface area contributed by atoms with Gasteiger partial charge in [0, 0.05) is 46.4 Å². The number of nitrogens with one attached hydrogen (secondary N) is 2. The largest absolute Gasteiger partial charge is 0.443 e. The van der Waals surface area contributed by atoms with Crippen molar-refractivity contribution >= 4 is 45.4 Å². The molecule has 1 heterocycles. The zero-order valence-corrected chi connectivity index (χ0v) is 36.6. The van der Waals surface area contributed by atoms with Crippen molar-refractivity contribution in [3.8, 4) is 0 Å². The summed E-state index contributed by atoms with van der Waals surface area (Å²) in [6.07, 6.45) is 29.7. The summed E-state index contributed by atoms with van der Waals surface area (Å²) in [5.74, 6) is 0. The van der Waals surface area contributed by atoms with Gasteiger partial charge in [0.25, 0.3) is 0 Å². The SMILES string of the molecule is CCCCCCCCCCCCCCOCC(Cn1c2ccc(NC(=O)OOC)cc2c2cc(NC(=O)OOC)ccc21)OCCCCCCCCCCCCCC. The summed E-state index contributed by atoms with van der Waals surface area (Å²) in [5, 5.41) is 7.17. The van der Waals surface area contributed by atoms with Gasteiger partial charge in [-0.25, -0.2) is 9.59 Å². The van der Waals surface area contributed by atoms with E-state index < -0.39 is 12.2 Å². The number of fused-ring (bicyclic) bond motifs is 3. The van der Waals surface area contributed by atoms with E-state index in [9.17, 15) is 9.59 Å². The van der Waals surface area contributed by atoms with E-state index in [1.807, 2.05) is 36.4 Å². The third kappa shape index (κ3) is 20.1. The molecule has 3 rings (SSSR count). The maximum atomic E-state index is 12.2. The van der Waals surface area contributed by atoms with Crippen LogP contribution >= 0.6 is 0 Å². The van der Waals surface area contributed by atoms with E-state index in [4.69, 9.17) is 9.47 Å². The maximum absolute atomic E-state index is 12.2. The number of unbranched alkanes of at least 4 members (excludes halogenated alkanes) is 22. The lowest BCUT2D eigenvalue weighted by Crippen LogP contribution is -2.26. The highest BCUT2D eigenvalue weighted by Gasteiger charge is 2.19. The molecule has 2 amide bonds. The molecule has 0 bridgehead atoms. The standard InChI is InChI=1S/C47H77N3O8/c1-5-7-9-11-13-15-17-19-21-23-25-27-33-55-38-41(56-34-28-26-24-22-20-18-16-14-12-10-8-6-2)37-50-44-31-29-39(48-46(51)57-53-3)35-42(44)43-36-40(30-32-45(43)50)49-47(52)58-54-4/h29-32,35-36,41H,5-28,33-34,37-38H2,1-4H3,(H,48,51)(H,49,52). The molecule has 0 saturated heterocycles. The van der Waals surface area contributed by atoms with Gasteiger partial charge in [0.05, 0.1) is 33.5 Å². The molecule has 328 valence electrons. The van der Waals surface area contributed by atoms with Gasteiger partial charge in [-0.1, -0.05) is 155 Å². The first-order valence-corrected chi connectivity index (χ1v) is 22.8. The number of carbonyl (C=O) groups is 2. The first-order valence-electron chi connectivity index (χ1n) is 22.8. The van der Waals surface area contributed by atoms with Gasteiger partial charge in [-0.15, -0.1) is 0 Å². The van der Waals surface area contributed by atoms with Crippen molar-refractivity contribution < 1.29 is 38.6 Å². The number of ether oxygens (including phenoxy) is 2. The Balaban J connectivity index is 1.62. The normalized spacial score (nSPS) is 12.0. The highest BCUT2D eigenvalue weighted by atomic mass is 17.2. The van der Waals surface area contributed by atoms with E-state index in [1.54, 1.807) is 0 Å². The van der Waals surface area contributed by atoms with Crippen LogP contribution in [0.3, 0.4) is 0 Å². The first kappa shape index (κ1) is 49.0. The van der Waals surface area contributed by atoms with Gasteiger partial charge in [-0.3, -0.25) is 20.4 Å². The fourth-order valence-corrected chi connectivity index (χ4v) is 7.70. The Bertz CT molecular complexity index is 1450. The molecule has 0 spiro atoms. The third-order valence-electron chi connectivity index (χ3n) is 10.9. The van der Waals surface area contributed by atoms with Gasteiger partial charge in [0.2, 0.25) is 0 Å². The number of benzene rings is 2. The number of carbonyl (C=O) groups excluding carboxylic acids is 2. The highest BCUT2D eigenvalue weighted by molar-refractivity contribution is 6.11. The summed E-state index contributed by atoms with van der Waals surface area (Å²) >= 11 is 0. The van der Waals surface area contributed by atoms with Crippen LogP contribution in [0.5, 0.6) is 0 Å². The van der Waals surface area contributed by atoms with Crippen LogP contribution < -0.4 is 10.6 Å². The number of nitrogens with zero attached hydrogens (tertiary/aromatic N) is 1. The smallest absolute Gasteiger partial charge is 0.379 e. The van der Waals surface area contributed by atoms with Gasteiger partial charge in [0.1, 0.15) is 0 Å². The molecule has 2 N–H and O–H groups in total. The van der Waals surface area contributed by atoms with Crippen LogP contribution in [-0.2, 0) is 35.6 Å². The van der Waals surface area contributed by atoms with Crippen LogP contribution in [0.2, 0.25) is 0 Å². The lowest BCUT2D eigenvalue weighted by atomic mass is 10.1. The number of anilines is 2. The molecule has 0 saturated carbocycles. The first-order chi connectivity index (χ1) is 28.5. The molecule has 0 aliphatic carbocycles. The Morgan fingerprint density at radius 1 is 0.534 bits per heavy atom. The summed E-state index contributed by atoms with van der Waals surface area (Å²) in [6.45, 7) is 7.04. The minimum Gasteiger partial charge on any atom is -0.379 e. The quantitative estimate of drug-likeness (QED) is 0.0342. The molecule has 0 aliphatic heterocycles. The summed E-state index contributed by atoms with van der Waals surface area (Å²) in [4.78, 5) is 42.7. The van der Waals surface area contributed by atoms with E-state index in [0.29, 0.717) is 31.1 Å². The van der Waals surface area contributed by atoms with Gasteiger partial charge >= 0.3 is 12.2 Å². The lowest BCUT2D eigenvalue weighted by molar-refractivity contribution is -0.208. The van der Waals surface area contributed by atoms with Crippen molar-refractivity contribution in [2.45, 2.75) is 181 Å². The van der Waals surface area contributed by atoms with Crippen molar-refractivity contribution in [3.63, 3.8) is 0 Å². The maximum Gasteiger partial charge on any atom is 0.443 e. The highest BCUT2D eigenvalue weighted by Crippen LogP contribution is 2.34. The van der Waals surface area contributed by atoms with Crippen molar-refractivity contribution in [1.29, 1.82) is 0 Å². The summed E-state index contributed by atoms with van der Waals surface area (Å²) in [7, 11) is 2.55. The third-order valence-corrected chi connectivity index (χ3v) is 10.9. The molecule has 2 aromatic carbocycles. The van der Waals surface area contributed by atoms with Crippen molar-refractivity contribution in [1.82, 2.24) is 4.57 Å². The zero-order chi connectivity index (χ0) is 41.5. The zero-order valence-electron chi connectivity index (χ0n) is 36.6. The second-order valence-corrected chi connectivity index (χ2v) is 15.7. The van der Waals surface area contributed by atoms with Gasteiger partial charge < -0.3 is 14.0 Å². The molecule has 11 nitrogen and oxygen atoms in total. The number of amides is 2. The lowest BCUT2D eigenvalue weighted by Gasteiger charge is -2.20. The van der Waals surface area contributed by atoms with Crippen molar-refractivity contribution in [2.24, 2.45) is 0 Å². The average molecular weight is 812 g/mol. The van der Waals surface area contributed by atoms with Gasteiger partial charge in [0.15, 0.2) is 0 Å². The second kappa shape index (κ2) is 31.5. The molecule has 3 aromatic rings. The van der Waals surface area contributed by atoms with Crippen LogP contribution in [0.4, 0.5) is 21.0 Å². The Kier molecular flexibility index (Phi) is 26.6. The van der Waals surface area contributed by atoms with E-state index >= 15 is 0 Å². The van der Waals surface area contributed by atoms with Crippen molar-refractivity contribution in [2.75, 3.05) is 44.7 Å². The van der Waals surface area contributed by atoms with Crippen LogP contribution in [0.25, 0.3) is 21.8 Å². The monoisotopic (exact) mass is 812 g/mol. The number of hydrogen-bond donors (Lipinski definition) is 2. The Labute approximate surface area is 349 Å². The molecule has 58 heavy (non-hydrogen) atoms. The van der Waals surface area contributed by atoms with Crippen molar-refractivity contribution in [3.05, 3.63) is 36.4 Å². The van der Waals surface area contributed by atoms with Crippen LogP contribution in [0.15, 0.2) is 36.4 Å². The molecular formula is C47H77N3O8. The minimum atomic E-state index is -0.730. The second-order valence-electron chi connectivity index (χ2n) is 15.7. The Hall–Kier alpha value is -3.38. The minimum absolute atomic E-state index is 0.159. The van der Waals surface area contributed by atoms with E-state index in [1.165, 1.54) is 155 Å². The van der Waals surface area contributed by atoms with E-state index in [-0.39, 0.29) is 6.10 Å². The molecule has 11 heteroatoms. The fraction of sp³-hybridized carbons (Fsp3) is 0.702. The van der Waals surface area contributed by atoms with Gasteiger partial charge in [-0.05, 0) is 49.2 Å². The number of hydrogen-bond acceptors (Lipinski definition) is 8.